The fraction of sp³-hybridized carbons (Fsp3) is 0.714. The van der Waals surface area contributed by atoms with Crippen LogP contribution in [0.5, 0.6) is 0 Å². The number of rotatable bonds is 5. The van der Waals surface area contributed by atoms with Crippen LogP contribution in [0.25, 0.3) is 0 Å². The monoisotopic (exact) mass is 160 g/mol. The lowest BCUT2D eigenvalue weighted by Crippen LogP contribution is -2.09. The fourth-order valence-corrected chi connectivity index (χ4v) is 0.423. The van der Waals surface area contributed by atoms with Crippen LogP contribution < -0.4 is 0 Å². The Morgan fingerprint density at radius 1 is 1.36 bits per heavy atom. The van der Waals surface area contributed by atoms with Crippen LogP contribution in [0.15, 0.2) is 0 Å². The molecule has 0 unspecified atom stereocenters. The minimum Gasteiger partial charge on any atom is -0.299 e. The summed E-state index contributed by atoms with van der Waals surface area (Å²) in [5.41, 5.74) is 0. The molecule has 0 atom stereocenters. The van der Waals surface area contributed by atoms with Crippen LogP contribution >= 0.6 is 0 Å². The molecule has 4 nitrogen and oxygen atoms in total. The molecule has 0 aromatic heterocycles. The number of hydrogen-bond acceptors (Lipinski definition) is 4. The van der Waals surface area contributed by atoms with Crippen LogP contribution in [-0.4, -0.2) is 18.4 Å². The Bertz CT molecular complexity index is 141. The number of ketones is 1. The van der Waals surface area contributed by atoms with Gasteiger partial charge in [-0.3, -0.25) is 9.68 Å². The lowest BCUT2D eigenvalue weighted by Gasteiger charge is -1.99. The quantitative estimate of drug-likeness (QED) is 0.259. The van der Waals surface area contributed by atoms with Crippen molar-refractivity contribution in [3.63, 3.8) is 0 Å². The molecule has 11 heavy (non-hydrogen) atoms. The molecule has 0 N–H and O–H groups in total. The van der Waals surface area contributed by atoms with Crippen molar-refractivity contribution in [2.45, 2.75) is 26.7 Å². The van der Waals surface area contributed by atoms with E-state index in [4.69, 9.17) is 0 Å². The minimum absolute atomic E-state index is 0.219. The summed E-state index contributed by atoms with van der Waals surface area (Å²) in [6.07, 6.45) is 0.553. The SMILES string of the molecule is CCCOOC(=O)CC(C)=O. The van der Waals surface area contributed by atoms with E-state index in [9.17, 15) is 9.59 Å². The van der Waals surface area contributed by atoms with Crippen LogP contribution in [0.2, 0.25) is 0 Å². The number of carbonyl (C=O) groups excluding carboxylic acids is 2. The molecule has 0 saturated carbocycles. The summed E-state index contributed by atoms with van der Waals surface area (Å²) in [5, 5.41) is 0. The zero-order valence-electron chi connectivity index (χ0n) is 6.75. The highest BCUT2D eigenvalue weighted by Crippen LogP contribution is 1.89. The number of Topliss-reactive ketones (excluding diaryl/α,β-unsaturated/α-hetero) is 1. The minimum atomic E-state index is -0.633. The highest BCUT2D eigenvalue weighted by atomic mass is 17.2. The maximum absolute atomic E-state index is 10.6. The normalized spacial score (nSPS) is 9.27. The molecular weight excluding hydrogens is 148 g/mol. The maximum Gasteiger partial charge on any atom is 0.349 e. The molecule has 0 spiro atoms. The molecule has 0 fully saturated rings. The third-order valence-corrected chi connectivity index (χ3v) is 0.833. The molecule has 0 aliphatic heterocycles. The molecule has 0 radical (unpaired) electrons. The van der Waals surface area contributed by atoms with Gasteiger partial charge in [-0.2, -0.15) is 4.89 Å². The standard InChI is InChI=1S/C7H12O4/c1-3-4-10-11-7(9)5-6(2)8/h3-5H2,1-2H3. The lowest BCUT2D eigenvalue weighted by molar-refractivity contribution is -0.271. The van der Waals surface area contributed by atoms with Crippen molar-refractivity contribution in [1.29, 1.82) is 0 Å². The lowest BCUT2D eigenvalue weighted by atomic mass is 10.3. The zero-order chi connectivity index (χ0) is 8.69. The van der Waals surface area contributed by atoms with Crippen molar-refractivity contribution in [3.05, 3.63) is 0 Å². The van der Waals surface area contributed by atoms with E-state index in [0.29, 0.717) is 6.61 Å². The molecule has 0 amide bonds. The summed E-state index contributed by atoms with van der Waals surface area (Å²) in [7, 11) is 0. The Labute approximate surface area is 65.4 Å². The van der Waals surface area contributed by atoms with Crippen molar-refractivity contribution < 1.29 is 19.4 Å². The average Bonchev–Trinajstić information content (AvgIpc) is 1.86. The van der Waals surface area contributed by atoms with Gasteiger partial charge in [0.25, 0.3) is 0 Å². The van der Waals surface area contributed by atoms with E-state index < -0.39 is 5.97 Å². The number of hydrogen-bond donors (Lipinski definition) is 0. The van der Waals surface area contributed by atoms with E-state index in [2.05, 4.69) is 9.78 Å². The molecule has 0 aromatic rings. The summed E-state index contributed by atoms with van der Waals surface area (Å²) in [6.45, 7) is 3.57. The topological polar surface area (TPSA) is 52.6 Å². The maximum atomic E-state index is 10.6. The third-order valence-electron chi connectivity index (χ3n) is 0.833. The van der Waals surface area contributed by atoms with Gasteiger partial charge in [0, 0.05) is 0 Å². The Hall–Kier alpha value is -0.900. The zero-order valence-corrected chi connectivity index (χ0v) is 6.75. The van der Waals surface area contributed by atoms with Gasteiger partial charge in [-0.15, -0.1) is 0 Å². The molecule has 4 heteroatoms. The van der Waals surface area contributed by atoms with Crippen molar-refractivity contribution in [2.75, 3.05) is 6.61 Å². The van der Waals surface area contributed by atoms with Crippen molar-refractivity contribution in [3.8, 4) is 0 Å². The van der Waals surface area contributed by atoms with E-state index in [1.54, 1.807) is 0 Å². The molecule has 0 bridgehead atoms. The van der Waals surface area contributed by atoms with Crippen LogP contribution in [0.3, 0.4) is 0 Å². The Kier molecular flexibility index (Phi) is 5.37. The summed E-state index contributed by atoms with van der Waals surface area (Å²) in [6, 6.07) is 0. The summed E-state index contributed by atoms with van der Waals surface area (Å²) in [4.78, 5) is 29.6. The summed E-state index contributed by atoms with van der Waals surface area (Å²) < 4.78 is 0. The van der Waals surface area contributed by atoms with Gasteiger partial charge in [0.1, 0.15) is 12.2 Å². The van der Waals surface area contributed by atoms with Gasteiger partial charge in [0.05, 0.1) is 6.61 Å². The highest BCUT2D eigenvalue weighted by molar-refractivity contribution is 5.93. The van der Waals surface area contributed by atoms with Gasteiger partial charge in [-0.05, 0) is 13.3 Å². The molecule has 0 heterocycles. The first-order chi connectivity index (χ1) is 5.16. The molecular formula is C7H12O4. The summed E-state index contributed by atoms with van der Waals surface area (Å²) in [5.74, 6) is -0.860. The smallest absolute Gasteiger partial charge is 0.299 e. The first-order valence-corrected chi connectivity index (χ1v) is 3.48. The van der Waals surface area contributed by atoms with Crippen molar-refractivity contribution in [2.24, 2.45) is 0 Å². The van der Waals surface area contributed by atoms with Crippen molar-refractivity contribution >= 4 is 11.8 Å². The van der Waals surface area contributed by atoms with Gasteiger partial charge < -0.3 is 0 Å². The second-order valence-electron chi connectivity index (χ2n) is 2.16. The fourth-order valence-electron chi connectivity index (χ4n) is 0.423. The van der Waals surface area contributed by atoms with Crippen LogP contribution in [0.1, 0.15) is 26.7 Å². The van der Waals surface area contributed by atoms with Gasteiger partial charge in [-0.1, -0.05) is 6.92 Å². The molecule has 64 valence electrons. The molecule has 0 aliphatic rings. The van der Waals surface area contributed by atoms with Gasteiger partial charge in [0.2, 0.25) is 0 Å². The molecule has 0 aromatic carbocycles. The predicted octanol–water partition coefficient (Wildman–Crippen LogP) is 0.850. The number of carbonyl (C=O) groups is 2. The van der Waals surface area contributed by atoms with Crippen LogP contribution in [-0.2, 0) is 19.4 Å². The average molecular weight is 160 g/mol. The predicted molar refractivity (Wildman–Crippen MR) is 37.6 cm³/mol. The van der Waals surface area contributed by atoms with E-state index in [1.165, 1.54) is 6.92 Å². The highest BCUT2D eigenvalue weighted by Gasteiger charge is 2.06. The van der Waals surface area contributed by atoms with Gasteiger partial charge >= 0.3 is 5.97 Å². The van der Waals surface area contributed by atoms with E-state index >= 15 is 0 Å². The second-order valence-corrected chi connectivity index (χ2v) is 2.16. The van der Waals surface area contributed by atoms with Crippen molar-refractivity contribution in [1.82, 2.24) is 0 Å². The van der Waals surface area contributed by atoms with E-state index in [-0.39, 0.29) is 12.2 Å². The van der Waals surface area contributed by atoms with Crippen LogP contribution in [0.4, 0.5) is 0 Å². The second kappa shape index (κ2) is 5.85. The van der Waals surface area contributed by atoms with Gasteiger partial charge in [0.15, 0.2) is 0 Å². The Morgan fingerprint density at radius 3 is 2.45 bits per heavy atom. The Morgan fingerprint density at radius 2 is 2.00 bits per heavy atom. The third kappa shape index (κ3) is 6.99. The molecule has 0 aliphatic carbocycles. The molecule has 0 saturated heterocycles. The first-order valence-electron chi connectivity index (χ1n) is 3.48. The Balaban J connectivity index is 3.30. The molecule has 0 rings (SSSR count). The van der Waals surface area contributed by atoms with Gasteiger partial charge in [-0.25, -0.2) is 4.79 Å². The van der Waals surface area contributed by atoms with Crippen LogP contribution in [0, 0.1) is 0 Å². The van der Waals surface area contributed by atoms with E-state index in [0.717, 1.165) is 6.42 Å². The first kappa shape index (κ1) is 10.1. The largest absolute Gasteiger partial charge is 0.349 e. The summed E-state index contributed by atoms with van der Waals surface area (Å²) >= 11 is 0. The van der Waals surface area contributed by atoms with E-state index in [1.807, 2.05) is 6.92 Å².